The van der Waals surface area contributed by atoms with E-state index in [0.29, 0.717) is 25.1 Å². The summed E-state index contributed by atoms with van der Waals surface area (Å²) in [5, 5.41) is 13.7. The second-order valence-electron chi connectivity index (χ2n) is 5.25. The summed E-state index contributed by atoms with van der Waals surface area (Å²) in [6.07, 6.45) is 2.87. The molecule has 0 aliphatic carbocycles. The van der Waals surface area contributed by atoms with Crippen LogP contribution in [0.2, 0.25) is 0 Å². The van der Waals surface area contributed by atoms with Crippen LogP contribution in [-0.4, -0.2) is 33.9 Å². The number of aromatic amines is 1. The lowest BCUT2D eigenvalue weighted by Gasteiger charge is -2.25. The zero-order valence-electron chi connectivity index (χ0n) is 12.0. The number of carbonyl (C=O) groups is 1. The topological polar surface area (TPSA) is 93.0 Å². The van der Waals surface area contributed by atoms with Crippen molar-refractivity contribution in [2.45, 2.75) is 38.9 Å². The van der Waals surface area contributed by atoms with E-state index in [-0.39, 0.29) is 18.1 Å². The molecule has 0 saturated heterocycles. The van der Waals surface area contributed by atoms with Gasteiger partial charge in [-0.3, -0.25) is 9.89 Å². The molecule has 7 heteroatoms. The molecule has 1 amide bonds. The quantitative estimate of drug-likeness (QED) is 0.887. The minimum atomic E-state index is -0.169. The highest BCUT2D eigenvalue weighted by molar-refractivity contribution is 5.94. The van der Waals surface area contributed by atoms with Crippen LogP contribution in [0.4, 0.5) is 0 Å². The molecule has 1 aliphatic heterocycles. The van der Waals surface area contributed by atoms with E-state index in [4.69, 9.17) is 9.26 Å². The molecule has 0 saturated carbocycles. The smallest absolute Gasteiger partial charge is 0.272 e. The first-order valence-electron chi connectivity index (χ1n) is 7.05. The largest absolute Gasteiger partial charge is 0.369 e. The molecule has 2 atom stereocenters. The number of fused-ring (bicyclic) bond motifs is 1. The Morgan fingerprint density at radius 1 is 1.52 bits per heavy atom. The van der Waals surface area contributed by atoms with E-state index in [1.165, 1.54) is 6.26 Å². The molecule has 0 spiro atoms. The van der Waals surface area contributed by atoms with E-state index < -0.39 is 0 Å². The Morgan fingerprint density at radius 2 is 2.38 bits per heavy atom. The van der Waals surface area contributed by atoms with E-state index >= 15 is 0 Å². The second-order valence-corrected chi connectivity index (χ2v) is 5.25. The third-order valence-electron chi connectivity index (χ3n) is 3.61. The lowest BCUT2D eigenvalue weighted by molar-refractivity contribution is -0.00697. The van der Waals surface area contributed by atoms with Gasteiger partial charge in [0.15, 0.2) is 5.69 Å². The molecule has 2 aromatic rings. The number of nitrogens with zero attached hydrogens (tertiary/aromatic N) is 2. The fraction of sp³-hybridized carbons (Fsp3) is 0.500. The molecule has 3 heterocycles. The summed E-state index contributed by atoms with van der Waals surface area (Å²) in [6, 6.07) is 1.78. The van der Waals surface area contributed by atoms with Crippen molar-refractivity contribution >= 4 is 5.91 Å². The number of aromatic nitrogens is 3. The van der Waals surface area contributed by atoms with Gasteiger partial charge in [-0.25, -0.2) is 0 Å². The Hall–Kier alpha value is -2.15. The van der Waals surface area contributed by atoms with Crippen LogP contribution in [0.3, 0.4) is 0 Å². The minimum absolute atomic E-state index is 0.0621. The minimum Gasteiger partial charge on any atom is -0.369 e. The van der Waals surface area contributed by atoms with Crippen molar-refractivity contribution in [2.75, 3.05) is 6.54 Å². The number of carbonyl (C=O) groups excluding carboxylic acids is 1. The SMILES string of the molecule is C[C@@H]1Cc2c(C(=O)NCCc3ccon3)n[nH]c2[C@H](C)O1. The fourth-order valence-electron chi connectivity index (χ4n) is 2.62. The number of amides is 1. The van der Waals surface area contributed by atoms with Crippen LogP contribution in [0, 0.1) is 0 Å². The van der Waals surface area contributed by atoms with Crippen molar-refractivity contribution in [3.8, 4) is 0 Å². The average Bonchev–Trinajstić information content (AvgIpc) is 3.07. The third-order valence-corrected chi connectivity index (χ3v) is 3.61. The van der Waals surface area contributed by atoms with Crippen LogP contribution in [0.1, 0.15) is 47.4 Å². The van der Waals surface area contributed by atoms with Crippen molar-refractivity contribution in [1.29, 1.82) is 0 Å². The highest BCUT2D eigenvalue weighted by Gasteiger charge is 2.29. The highest BCUT2D eigenvalue weighted by atomic mass is 16.5. The third kappa shape index (κ3) is 2.82. The molecule has 7 nitrogen and oxygen atoms in total. The lowest BCUT2D eigenvalue weighted by atomic mass is 9.99. The maximum atomic E-state index is 12.2. The van der Waals surface area contributed by atoms with Crippen molar-refractivity contribution in [3.63, 3.8) is 0 Å². The van der Waals surface area contributed by atoms with Gasteiger partial charge in [0, 0.05) is 31.0 Å². The monoisotopic (exact) mass is 290 g/mol. The number of hydrogen-bond acceptors (Lipinski definition) is 5. The van der Waals surface area contributed by atoms with Crippen LogP contribution in [-0.2, 0) is 17.6 Å². The normalized spacial score (nSPS) is 21.0. The Bertz CT molecular complexity index is 620. The Kier molecular flexibility index (Phi) is 3.74. The fourth-order valence-corrected chi connectivity index (χ4v) is 2.62. The van der Waals surface area contributed by atoms with Gasteiger partial charge in [0.25, 0.3) is 5.91 Å². The van der Waals surface area contributed by atoms with Gasteiger partial charge in [-0.1, -0.05) is 5.16 Å². The van der Waals surface area contributed by atoms with Crippen LogP contribution in [0.25, 0.3) is 0 Å². The molecule has 2 N–H and O–H groups in total. The van der Waals surface area contributed by atoms with Gasteiger partial charge < -0.3 is 14.6 Å². The van der Waals surface area contributed by atoms with E-state index in [1.807, 2.05) is 13.8 Å². The second kappa shape index (κ2) is 5.69. The van der Waals surface area contributed by atoms with Crippen LogP contribution in [0.5, 0.6) is 0 Å². The Balaban J connectivity index is 1.65. The van der Waals surface area contributed by atoms with Crippen LogP contribution >= 0.6 is 0 Å². The van der Waals surface area contributed by atoms with E-state index in [2.05, 4.69) is 20.7 Å². The Morgan fingerprint density at radius 3 is 3.14 bits per heavy atom. The first kappa shape index (κ1) is 13.8. The molecule has 3 rings (SSSR count). The van der Waals surface area contributed by atoms with Gasteiger partial charge in [0.1, 0.15) is 6.26 Å². The molecule has 0 radical (unpaired) electrons. The zero-order chi connectivity index (χ0) is 14.8. The molecular formula is C14H18N4O3. The highest BCUT2D eigenvalue weighted by Crippen LogP contribution is 2.29. The standard InChI is InChI=1S/C14H18N4O3/c1-8-7-11-12(9(2)21-8)16-17-13(11)14(19)15-5-3-10-4-6-20-18-10/h4,6,8-9H,3,5,7H2,1-2H3,(H,15,19)(H,16,17)/t8-,9+/m1/s1. The maximum absolute atomic E-state index is 12.2. The molecule has 1 aliphatic rings. The molecule has 21 heavy (non-hydrogen) atoms. The van der Waals surface area contributed by atoms with Crippen LogP contribution in [0.15, 0.2) is 16.9 Å². The van der Waals surface area contributed by atoms with Crippen molar-refractivity contribution in [1.82, 2.24) is 20.7 Å². The number of ether oxygens (including phenoxy) is 1. The zero-order valence-corrected chi connectivity index (χ0v) is 12.0. The molecule has 2 aromatic heterocycles. The van der Waals surface area contributed by atoms with Gasteiger partial charge >= 0.3 is 0 Å². The Labute approximate surface area is 122 Å². The predicted octanol–water partition coefficient (Wildman–Crippen LogP) is 1.39. The summed E-state index contributed by atoms with van der Waals surface area (Å²) >= 11 is 0. The number of rotatable bonds is 4. The van der Waals surface area contributed by atoms with E-state index in [0.717, 1.165) is 17.0 Å². The van der Waals surface area contributed by atoms with Crippen LogP contribution < -0.4 is 5.32 Å². The average molecular weight is 290 g/mol. The predicted molar refractivity (Wildman–Crippen MR) is 73.8 cm³/mol. The summed E-state index contributed by atoms with van der Waals surface area (Å²) in [5.41, 5.74) is 3.14. The number of H-pyrrole nitrogens is 1. The van der Waals surface area contributed by atoms with E-state index in [9.17, 15) is 4.79 Å². The molecule has 0 bridgehead atoms. The summed E-state index contributed by atoms with van der Waals surface area (Å²) in [5.74, 6) is -0.169. The molecule has 0 unspecified atom stereocenters. The van der Waals surface area contributed by atoms with Gasteiger partial charge in [-0.05, 0) is 13.8 Å². The van der Waals surface area contributed by atoms with Crippen molar-refractivity contribution in [2.24, 2.45) is 0 Å². The summed E-state index contributed by atoms with van der Waals surface area (Å²) in [7, 11) is 0. The molecular weight excluding hydrogens is 272 g/mol. The van der Waals surface area contributed by atoms with Gasteiger partial charge in [0.2, 0.25) is 0 Å². The maximum Gasteiger partial charge on any atom is 0.272 e. The first-order chi connectivity index (χ1) is 10.1. The molecule has 112 valence electrons. The first-order valence-corrected chi connectivity index (χ1v) is 7.05. The summed E-state index contributed by atoms with van der Waals surface area (Å²) in [4.78, 5) is 12.2. The van der Waals surface area contributed by atoms with Crippen molar-refractivity contribution in [3.05, 3.63) is 35.0 Å². The molecule has 0 aromatic carbocycles. The van der Waals surface area contributed by atoms with Gasteiger partial charge in [-0.15, -0.1) is 0 Å². The van der Waals surface area contributed by atoms with Gasteiger partial charge in [-0.2, -0.15) is 5.10 Å². The summed E-state index contributed by atoms with van der Waals surface area (Å²) in [6.45, 7) is 4.45. The molecule has 0 fully saturated rings. The van der Waals surface area contributed by atoms with E-state index in [1.54, 1.807) is 6.07 Å². The van der Waals surface area contributed by atoms with Gasteiger partial charge in [0.05, 0.1) is 23.6 Å². The lowest BCUT2D eigenvalue weighted by Crippen LogP contribution is -2.29. The number of hydrogen-bond donors (Lipinski definition) is 2. The van der Waals surface area contributed by atoms with Crippen molar-refractivity contribution < 1.29 is 14.1 Å². The number of nitrogens with one attached hydrogen (secondary N) is 2. The summed E-state index contributed by atoms with van der Waals surface area (Å²) < 4.78 is 10.5.